The van der Waals surface area contributed by atoms with Gasteiger partial charge in [0, 0.05) is 25.4 Å². The predicted molar refractivity (Wildman–Crippen MR) is 85.7 cm³/mol. The predicted octanol–water partition coefficient (Wildman–Crippen LogP) is 1.95. The molecular weight excluding hydrogens is 280 g/mol. The number of aryl methyl sites for hydroxylation is 1. The number of rotatable bonds is 7. The Labute approximate surface area is 131 Å². The van der Waals surface area contributed by atoms with Gasteiger partial charge in [-0.15, -0.1) is 0 Å². The molecule has 1 fully saturated rings. The summed E-state index contributed by atoms with van der Waals surface area (Å²) in [7, 11) is 0. The maximum absolute atomic E-state index is 11.7. The number of aromatic nitrogens is 1. The summed E-state index contributed by atoms with van der Waals surface area (Å²) < 4.78 is 7.33. The molecule has 1 aliphatic rings. The van der Waals surface area contributed by atoms with Gasteiger partial charge in [0.15, 0.2) is 0 Å². The van der Waals surface area contributed by atoms with Crippen molar-refractivity contribution in [2.45, 2.75) is 51.7 Å². The molecule has 1 aliphatic carbocycles. The smallest absolute Gasteiger partial charge is 0.250 e. The second-order valence-corrected chi connectivity index (χ2v) is 6.14. The first-order valence-corrected chi connectivity index (χ1v) is 8.19. The van der Waals surface area contributed by atoms with Crippen LogP contribution in [0.3, 0.4) is 0 Å². The molecule has 0 spiro atoms. The number of hydrogen-bond acceptors (Lipinski definition) is 3. The van der Waals surface area contributed by atoms with Crippen LogP contribution in [-0.2, 0) is 16.1 Å². The van der Waals surface area contributed by atoms with E-state index in [1.807, 2.05) is 6.07 Å². The molecule has 1 aromatic heterocycles. The maximum Gasteiger partial charge on any atom is 0.250 e. The number of amides is 1. The van der Waals surface area contributed by atoms with Crippen LogP contribution in [0.5, 0.6) is 0 Å². The summed E-state index contributed by atoms with van der Waals surface area (Å²) in [6.45, 7) is 3.55. The van der Waals surface area contributed by atoms with Gasteiger partial charge < -0.3 is 14.6 Å². The van der Waals surface area contributed by atoms with Crippen LogP contribution in [0.4, 0.5) is 0 Å². The lowest BCUT2D eigenvalue weighted by Crippen LogP contribution is -2.32. The lowest BCUT2D eigenvalue weighted by atomic mass is 9.89. The number of nitrogens with one attached hydrogen (secondary N) is 1. The van der Waals surface area contributed by atoms with Crippen molar-refractivity contribution in [3.63, 3.8) is 0 Å². The summed E-state index contributed by atoms with van der Waals surface area (Å²) in [5.74, 6) is 0.629. The highest BCUT2D eigenvalue weighted by Gasteiger charge is 2.19. The molecule has 1 saturated carbocycles. The molecule has 2 rings (SSSR count). The Morgan fingerprint density at radius 3 is 3.05 bits per heavy atom. The van der Waals surface area contributed by atoms with Crippen LogP contribution in [0.25, 0.3) is 0 Å². The van der Waals surface area contributed by atoms with E-state index in [2.05, 4.69) is 12.2 Å². The molecule has 0 aromatic carbocycles. The van der Waals surface area contributed by atoms with Crippen LogP contribution in [0.15, 0.2) is 29.2 Å². The zero-order chi connectivity index (χ0) is 15.8. The molecule has 2 atom stereocenters. The van der Waals surface area contributed by atoms with Crippen LogP contribution in [-0.4, -0.2) is 29.7 Å². The van der Waals surface area contributed by atoms with Gasteiger partial charge in [-0.25, -0.2) is 0 Å². The van der Waals surface area contributed by atoms with Crippen molar-refractivity contribution in [2.75, 3.05) is 13.2 Å². The van der Waals surface area contributed by atoms with E-state index in [0.717, 1.165) is 19.3 Å². The normalized spacial score (nSPS) is 21.5. The van der Waals surface area contributed by atoms with Crippen molar-refractivity contribution in [2.24, 2.45) is 5.92 Å². The van der Waals surface area contributed by atoms with Crippen molar-refractivity contribution in [3.05, 3.63) is 34.7 Å². The van der Waals surface area contributed by atoms with E-state index in [1.165, 1.54) is 18.9 Å². The van der Waals surface area contributed by atoms with Gasteiger partial charge in [0.2, 0.25) is 11.5 Å². The first-order chi connectivity index (χ1) is 10.6. The number of ether oxygens (including phenoxy) is 1. The molecular formula is C17H26N2O3. The van der Waals surface area contributed by atoms with Crippen molar-refractivity contribution in [1.29, 1.82) is 0 Å². The molecule has 0 bridgehead atoms. The molecule has 1 aromatic rings. The number of hydrogen-bond donors (Lipinski definition) is 1. The summed E-state index contributed by atoms with van der Waals surface area (Å²) in [5.41, 5.74) is -0.0106. The molecule has 0 unspecified atom stereocenters. The molecule has 0 radical (unpaired) electrons. The number of carbonyl (C=O) groups is 1. The highest BCUT2D eigenvalue weighted by atomic mass is 16.5. The number of pyridine rings is 1. The Hall–Kier alpha value is -1.62. The monoisotopic (exact) mass is 306 g/mol. The SMILES string of the molecule is C[C@H]1CCC[C@@H](OCC(=O)NCCCn2ccccc2=O)C1. The Balaban J connectivity index is 1.58. The summed E-state index contributed by atoms with van der Waals surface area (Å²) in [4.78, 5) is 23.2. The largest absolute Gasteiger partial charge is 0.368 e. The van der Waals surface area contributed by atoms with E-state index in [0.29, 0.717) is 19.0 Å². The summed E-state index contributed by atoms with van der Waals surface area (Å²) >= 11 is 0. The van der Waals surface area contributed by atoms with Crippen LogP contribution in [0.2, 0.25) is 0 Å². The van der Waals surface area contributed by atoms with Gasteiger partial charge in [-0.05, 0) is 31.2 Å². The molecule has 1 heterocycles. The number of nitrogens with zero attached hydrogens (tertiary/aromatic N) is 1. The topological polar surface area (TPSA) is 60.3 Å². The summed E-state index contributed by atoms with van der Waals surface area (Å²) in [6.07, 6.45) is 7.31. The van der Waals surface area contributed by atoms with Gasteiger partial charge in [-0.2, -0.15) is 0 Å². The average Bonchev–Trinajstić information content (AvgIpc) is 2.51. The van der Waals surface area contributed by atoms with Gasteiger partial charge >= 0.3 is 0 Å². The molecule has 22 heavy (non-hydrogen) atoms. The van der Waals surface area contributed by atoms with Gasteiger partial charge in [0.05, 0.1) is 6.10 Å². The number of carbonyl (C=O) groups excluding carboxylic acids is 1. The molecule has 5 heteroatoms. The zero-order valence-electron chi connectivity index (χ0n) is 13.3. The Morgan fingerprint density at radius 2 is 2.27 bits per heavy atom. The van der Waals surface area contributed by atoms with Crippen molar-refractivity contribution in [3.8, 4) is 0 Å². The summed E-state index contributed by atoms with van der Waals surface area (Å²) in [5, 5.41) is 2.84. The first-order valence-electron chi connectivity index (χ1n) is 8.19. The maximum atomic E-state index is 11.7. The third kappa shape index (κ3) is 5.64. The van der Waals surface area contributed by atoms with Gasteiger partial charge in [-0.3, -0.25) is 9.59 Å². The minimum Gasteiger partial charge on any atom is -0.368 e. The Morgan fingerprint density at radius 1 is 1.41 bits per heavy atom. The fourth-order valence-corrected chi connectivity index (χ4v) is 2.90. The van der Waals surface area contributed by atoms with Crippen LogP contribution in [0.1, 0.15) is 39.0 Å². The van der Waals surface area contributed by atoms with Gasteiger partial charge in [0.1, 0.15) is 6.61 Å². The summed E-state index contributed by atoms with van der Waals surface area (Å²) in [6, 6.07) is 5.10. The van der Waals surface area contributed by atoms with Gasteiger partial charge in [0.25, 0.3) is 0 Å². The third-order valence-electron chi connectivity index (χ3n) is 4.14. The fraction of sp³-hybridized carbons (Fsp3) is 0.647. The minimum atomic E-state index is -0.0707. The van der Waals surface area contributed by atoms with E-state index in [4.69, 9.17) is 4.74 Å². The Bertz CT molecular complexity index is 527. The Kier molecular flexibility index (Phi) is 6.65. The lowest BCUT2D eigenvalue weighted by molar-refractivity contribution is -0.128. The van der Waals surface area contributed by atoms with Crippen LogP contribution < -0.4 is 10.9 Å². The molecule has 0 aliphatic heterocycles. The highest BCUT2D eigenvalue weighted by molar-refractivity contribution is 5.77. The minimum absolute atomic E-state index is 0.0106. The molecule has 1 amide bonds. The van der Waals surface area contributed by atoms with Crippen LogP contribution in [0, 0.1) is 5.92 Å². The zero-order valence-corrected chi connectivity index (χ0v) is 13.3. The third-order valence-corrected chi connectivity index (χ3v) is 4.14. The van der Waals surface area contributed by atoms with Crippen LogP contribution >= 0.6 is 0 Å². The van der Waals surface area contributed by atoms with Gasteiger partial charge in [-0.1, -0.05) is 25.8 Å². The average molecular weight is 306 g/mol. The van der Waals surface area contributed by atoms with E-state index in [9.17, 15) is 9.59 Å². The molecule has 1 N–H and O–H groups in total. The molecule has 122 valence electrons. The second-order valence-electron chi connectivity index (χ2n) is 6.14. The molecule has 5 nitrogen and oxygen atoms in total. The van der Waals surface area contributed by atoms with Crippen molar-refractivity contribution < 1.29 is 9.53 Å². The quantitative estimate of drug-likeness (QED) is 0.783. The van der Waals surface area contributed by atoms with E-state index < -0.39 is 0 Å². The highest BCUT2D eigenvalue weighted by Crippen LogP contribution is 2.25. The van der Waals surface area contributed by atoms with E-state index >= 15 is 0 Å². The van der Waals surface area contributed by atoms with E-state index in [1.54, 1.807) is 16.8 Å². The van der Waals surface area contributed by atoms with Crippen molar-refractivity contribution >= 4 is 5.91 Å². The second kappa shape index (κ2) is 8.73. The fourth-order valence-electron chi connectivity index (χ4n) is 2.90. The first kappa shape index (κ1) is 16.7. The van der Waals surface area contributed by atoms with Crippen molar-refractivity contribution in [1.82, 2.24) is 9.88 Å². The standard InChI is InChI=1S/C17H26N2O3/c1-14-6-4-7-15(12-14)22-13-16(20)18-9-5-11-19-10-3-2-8-17(19)21/h2-3,8,10,14-15H,4-7,9,11-13H2,1H3,(H,18,20)/t14-,15+/m0/s1. The molecule has 0 saturated heterocycles. The lowest BCUT2D eigenvalue weighted by Gasteiger charge is -2.26. The van der Waals surface area contributed by atoms with E-state index in [-0.39, 0.29) is 24.2 Å².